The molecule has 1 aromatic carbocycles. The fourth-order valence-electron chi connectivity index (χ4n) is 2.75. The Morgan fingerprint density at radius 2 is 1.76 bits per heavy atom. The van der Waals surface area contributed by atoms with Crippen molar-refractivity contribution in [3.8, 4) is 0 Å². The molecule has 138 valence electrons. The average Bonchev–Trinajstić information content (AvgIpc) is 3.07. The number of carbonyl (C=O) groups is 2. The van der Waals surface area contributed by atoms with Gasteiger partial charge in [0.2, 0.25) is 5.91 Å². The van der Waals surface area contributed by atoms with Crippen LogP contribution in [0.4, 0.5) is 5.69 Å². The number of hydrogen-bond donors (Lipinski definition) is 3. The third-order valence-electron chi connectivity index (χ3n) is 4.54. The Morgan fingerprint density at radius 1 is 1.16 bits per heavy atom. The summed E-state index contributed by atoms with van der Waals surface area (Å²) in [5.41, 5.74) is 6.86. The molecule has 0 spiro atoms. The van der Waals surface area contributed by atoms with E-state index in [0.717, 1.165) is 19.6 Å². The monoisotopic (exact) mass is 346 g/mol. The zero-order chi connectivity index (χ0) is 18.4. The van der Waals surface area contributed by atoms with Crippen LogP contribution >= 0.6 is 0 Å². The Hall–Kier alpha value is -1.92. The molecule has 25 heavy (non-hydrogen) atoms. The second-order valence-electron chi connectivity index (χ2n) is 7.71. The predicted octanol–water partition coefficient (Wildman–Crippen LogP) is 1.82. The van der Waals surface area contributed by atoms with Crippen LogP contribution < -0.4 is 16.4 Å². The Balaban J connectivity index is 1.82. The molecule has 1 aliphatic heterocycles. The summed E-state index contributed by atoms with van der Waals surface area (Å²) in [7, 11) is 0. The minimum Gasteiger partial charge on any atom is -0.351 e. The third-order valence-corrected chi connectivity index (χ3v) is 4.54. The molecule has 1 saturated heterocycles. The summed E-state index contributed by atoms with van der Waals surface area (Å²) in [6.07, 6.45) is 2.50. The van der Waals surface area contributed by atoms with E-state index in [2.05, 4.69) is 15.5 Å². The van der Waals surface area contributed by atoms with Crippen molar-refractivity contribution in [1.29, 1.82) is 0 Å². The first-order valence-electron chi connectivity index (χ1n) is 8.94. The summed E-state index contributed by atoms with van der Waals surface area (Å²) in [4.78, 5) is 26.6. The molecule has 0 aromatic heterocycles. The van der Waals surface area contributed by atoms with Gasteiger partial charge in [-0.15, -0.1) is 0 Å². The van der Waals surface area contributed by atoms with Gasteiger partial charge in [0.05, 0.1) is 6.04 Å². The normalized spacial score (nSPS) is 16.5. The van der Waals surface area contributed by atoms with Gasteiger partial charge in [0.1, 0.15) is 0 Å². The van der Waals surface area contributed by atoms with Crippen LogP contribution in [0.5, 0.6) is 0 Å². The van der Waals surface area contributed by atoms with E-state index in [1.165, 1.54) is 12.8 Å². The van der Waals surface area contributed by atoms with E-state index in [0.29, 0.717) is 17.8 Å². The summed E-state index contributed by atoms with van der Waals surface area (Å²) >= 11 is 0. The molecule has 2 amide bonds. The van der Waals surface area contributed by atoms with Crippen molar-refractivity contribution in [3.63, 3.8) is 0 Å². The van der Waals surface area contributed by atoms with Crippen LogP contribution in [0, 0.1) is 5.41 Å². The number of likely N-dealkylation sites (tertiary alicyclic amines) is 1. The molecular formula is C19H30N4O2. The van der Waals surface area contributed by atoms with Gasteiger partial charge < -0.3 is 21.3 Å². The molecule has 0 saturated carbocycles. The van der Waals surface area contributed by atoms with Crippen LogP contribution in [0.25, 0.3) is 0 Å². The van der Waals surface area contributed by atoms with Gasteiger partial charge in [-0.25, -0.2) is 0 Å². The fourth-order valence-corrected chi connectivity index (χ4v) is 2.75. The van der Waals surface area contributed by atoms with Crippen molar-refractivity contribution >= 4 is 17.5 Å². The number of amides is 2. The smallest absolute Gasteiger partial charge is 0.251 e. The highest BCUT2D eigenvalue weighted by atomic mass is 16.2. The molecule has 2 rings (SSSR count). The van der Waals surface area contributed by atoms with Crippen LogP contribution in [0.1, 0.15) is 44.0 Å². The lowest BCUT2D eigenvalue weighted by Gasteiger charge is -2.25. The topological polar surface area (TPSA) is 87.5 Å². The van der Waals surface area contributed by atoms with Gasteiger partial charge in [-0.05, 0) is 55.6 Å². The lowest BCUT2D eigenvalue weighted by Crippen LogP contribution is -2.45. The Bertz CT molecular complexity index is 586. The van der Waals surface area contributed by atoms with Crippen LogP contribution in [0.15, 0.2) is 24.3 Å². The maximum absolute atomic E-state index is 12.2. The summed E-state index contributed by atoms with van der Waals surface area (Å²) in [5, 5.41) is 5.73. The van der Waals surface area contributed by atoms with Crippen molar-refractivity contribution in [2.24, 2.45) is 11.1 Å². The van der Waals surface area contributed by atoms with Gasteiger partial charge in [0, 0.05) is 24.3 Å². The first-order valence-corrected chi connectivity index (χ1v) is 8.94. The quantitative estimate of drug-likeness (QED) is 0.733. The molecule has 6 heteroatoms. The Kier molecular flexibility index (Phi) is 6.56. The highest BCUT2D eigenvalue weighted by Gasteiger charge is 2.27. The summed E-state index contributed by atoms with van der Waals surface area (Å²) in [6, 6.07) is 6.28. The second-order valence-corrected chi connectivity index (χ2v) is 7.71. The number of nitrogens with zero attached hydrogens (tertiary/aromatic N) is 1. The van der Waals surface area contributed by atoms with Crippen molar-refractivity contribution < 1.29 is 9.59 Å². The van der Waals surface area contributed by atoms with E-state index in [-0.39, 0.29) is 17.2 Å². The zero-order valence-electron chi connectivity index (χ0n) is 15.5. The fraction of sp³-hybridized carbons (Fsp3) is 0.579. The molecule has 1 atom stereocenters. The lowest BCUT2D eigenvalue weighted by molar-refractivity contribution is -0.119. The van der Waals surface area contributed by atoms with Gasteiger partial charge in [0.15, 0.2) is 0 Å². The van der Waals surface area contributed by atoms with E-state index in [4.69, 9.17) is 5.73 Å². The third kappa shape index (κ3) is 5.83. The SMILES string of the molecule is CC(C)(C)[C@H](N)C(=O)Nc1ccc(C(=O)NCCN2CCCC2)cc1. The van der Waals surface area contributed by atoms with Gasteiger partial charge in [-0.2, -0.15) is 0 Å². The molecule has 1 fully saturated rings. The lowest BCUT2D eigenvalue weighted by atomic mass is 9.87. The number of rotatable bonds is 6. The highest BCUT2D eigenvalue weighted by Crippen LogP contribution is 2.19. The molecule has 1 heterocycles. The van der Waals surface area contributed by atoms with Crippen molar-refractivity contribution in [2.75, 3.05) is 31.5 Å². The molecular weight excluding hydrogens is 316 g/mol. The van der Waals surface area contributed by atoms with Crippen molar-refractivity contribution in [1.82, 2.24) is 10.2 Å². The number of carbonyl (C=O) groups excluding carboxylic acids is 2. The number of benzene rings is 1. The summed E-state index contributed by atoms with van der Waals surface area (Å²) in [6.45, 7) is 9.57. The highest BCUT2D eigenvalue weighted by molar-refractivity contribution is 5.97. The van der Waals surface area contributed by atoms with Gasteiger partial charge in [-0.1, -0.05) is 20.8 Å². The average molecular weight is 346 g/mol. The van der Waals surface area contributed by atoms with Gasteiger partial charge in [-0.3, -0.25) is 9.59 Å². The molecule has 0 radical (unpaired) electrons. The standard InChI is InChI=1S/C19H30N4O2/c1-19(2,3)16(20)18(25)22-15-8-6-14(7-9-15)17(24)21-10-13-23-11-4-5-12-23/h6-9,16H,4-5,10-13,20H2,1-3H3,(H,21,24)(H,22,25)/t16-/m1/s1. The molecule has 1 aromatic rings. The van der Waals surface area contributed by atoms with E-state index >= 15 is 0 Å². The largest absolute Gasteiger partial charge is 0.351 e. The summed E-state index contributed by atoms with van der Waals surface area (Å²) < 4.78 is 0. The molecule has 0 bridgehead atoms. The Morgan fingerprint density at radius 3 is 2.32 bits per heavy atom. The van der Waals surface area contributed by atoms with Crippen molar-refractivity contribution in [2.45, 2.75) is 39.7 Å². The number of nitrogens with two attached hydrogens (primary N) is 1. The Labute approximate surface area is 150 Å². The van der Waals surface area contributed by atoms with E-state index < -0.39 is 6.04 Å². The van der Waals surface area contributed by atoms with Crippen LogP contribution in [0.3, 0.4) is 0 Å². The van der Waals surface area contributed by atoms with Crippen LogP contribution in [0.2, 0.25) is 0 Å². The first-order chi connectivity index (χ1) is 11.8. The van der Waals surface area contributed by atoms with E-state index in [1.807, 2.05) is 20.8 Å². The van der Waals surface area contributed by atoms with E-state index in [1.54, 1.807) is 24.3 Å². The predicted molar refractivity (Wildman–Crippen MR) is 101 cm³/mol. The minimum absolute atomic E-state index is 0.0940. The van der Waals surface area contributed by atoms with E-state index in [9.17, 15) is 9.59 Å². The minimum atomic E-state index is -0.596. The van der Waals surface area contributed by atoms with Crippen LogP contribution in [-0.4, -0.2) is 48.9 Å². The molecule has 0 unspecified atom stereocenters. The molecule has 1 aliphatic rings. The zero-order valence-corrected chi connectivity index (χ0v) is 15.5. The van der Waals surface area contributed by atoms with Gasteiger partial charge >= 0.3 is 0 Å². The number of anilines is 1. The summed E-state index contributed by atoms with van der Waals surface area (Å²) in [5.74, 6) is -0.321. The number of nitrogens with one attached hydrogen (secondary N) is 2. The molecule has 6 nitrogen and oxygen atoms in total. The first kappa shape index (κ1) is 19.4. The maximum atomic E-state index is 12.2. The van der Waals surface area contributed by atoms with Crippen molar-refractivity contribution in [3.05, 3.63) is 29.8 Å². The van der Waals surface area contributed by atoms with Gasteiger partial charge in [0.25, 0.3) is 5.91 Å². The molecule has 0 aliphatic carbocycles. The maximum Gasteiger partial charge on any atom is 0.251 e. The van der Waals surface area contributed by atoms with Crippen LogP contribution in [-0.2, 0) is 4.79 Å². The second kappa shape index (κ2) is 8.45. The number of hydrogen-bond acceptors (Lipinski definition) is 4. The molecule has 4 N–H and O–H groups in total.